The summed E-state index contributed by atoms with van der Waals surface area (Å²) in [6.07, 6.45) is 0.831. The molecule has 7 heteroatoms. The van der Waals surface area contributed by atoms with Crippen molar-refractivity contribution in [3.8, 4) is 0 Å². The van der Waals surface area contributed by atoms with Crippen LogP contribution in [0.1, 0.15) is 10.4 Å². The summed E-state index contributed by atoms with van der Waals surface area (Å²) < 4.78 is 41.9. The molecule has 0 radical (unpaired) electrons. The number of benzene rings is 1. The first-order chi connectivity index (χ1) is 10.0. The van der Waals surface area contributed by atoms with E-state index in [1.54, 1.807) is 12.1 Å². The smallest absolute Gasteiger partial charge is 0.333 e. The average Bonchev–Trinajstić information content (AvgIpc) is 2.40. The van der Waals surface area contributed by atoms with Crippen molar-refractivity contribution in [2.24, 2.45) is 0 Å². The van der Waals surface area contributed by atoms with Gasteiger partial charge in [-0.2, -0.15) is 8.78 Å². The Bertz CT molecular complexity index is 687. The number of carbonyl (C=O) groups excluding carboxylic acids is 1. The third-order valence-corrected chi connectivity index (χ3v) is 3.33. The van der Waals surface area contributed by atoms with Gasteiger partial charge in [0.2, 0.25) is 0 Å². The molecule has 0 atom stereocenters. The largest absolute Gasteiger partial charge is 0.345 e. The summed E-state index contributed by atoms with van der Waals surface area (Å²) in [5, 5.41) is 0.516. The van der Waals surface area contributed by atoms with Gasteiger partial charge in [0.1, 0.15) is 5.82 Å². The quantitative estimate of drug-likeness (QED) is 0.873. The minimum Gasteiger partial charge on any atom is -0.333 e. The van der Waals surface area contributed by atoms with E-state index in [9.17, 15) is 18.0 Å². The molecule has 0 spiro atoms. The van der Waals surface area contributed by atoms with Crippen LogP contribution in [0.15, 0.2) is 30.5 Å². The monoisotopic (exact) mass is 296 g/mol. The number of carbonyl (C=O) groups is 1. The van der Waals surface area contributed by atoms with Gasteiger partial charge in [-0.25, -0.2) is 4.39 Å². The first kappa shape index (κ1) is 13.8. The van der Waals surface area contributed by atoms with Crippen LogP contribution in [0.3, 0.4) is 0 Å². The van der Waals surface area contributed by atoms with Gasteiger partial charge in [-0.05, 0) is 18.2 Å². The molecule has 2 aromatic rings. The van der Waals surface area contributed by atoms with Gasteiger partial charge < -0.3 is 9.64 Å². The molecule has 110 valence electrons. The number of ether oxygens (including phenoxy) is 1. The predicted octanol–water partition coefficient (Wildman–Crippen LogP) is 2.44. The fourth-order valence-corrected chi connectivity index (χ4v) is 2.32. The first-order valence-electron chi connectivity index (χ1n) is 6.32. The van der Waals surface area contributed by atoms with Crippen molar-refractivity contribution in [3.05, 3.63) is 41.8 Å². The molecule has 4 nitrogen and oxygen atoms in total. The molecule has 1 aliphatic rings. The van der Waals surface area contributed by atoms with Gasteiger partial charge in [0, 0.05) is 24.7 Å². The van der Waals surface area contributed by atoms with E-state index in [-0.39, 0.29) is 18.7 Å². The number of halogens is 3. The average molecular weight is 296 g/mol. The van der Waals surface area contributed by atoms with Crippen molar-refractivity contribution in [2.75, 3.05) is 13.1 Å². The summed E-state index contributed by atoms with van der Waals surface area (Å²) in [5.74, 6) is -0.980. The molecule has 0 N–H and O–H groups in total. The highest BCUT2D eigenvalue weighted by atomic mass is 19.3. The highest BCUT2D eigenvalue weighted by Gasteiger charge is 2.34. The molecule has 1 saturated heterocycles. The molecule has 1 fully saturated rings. The Kier molecular flexibility index (Phi) is 3.50. The Morgan fingerprint density at radius 2 is 2.14 bits per heavy atom. The van der Waals surface area contributed by atoms with E-state index in [2.05, 4.69) is 9.72 Å². The van der Waals surface area contributed by atoms with E-state index in [0.717, 1.165) is 6.07 Å². The zero-order chi connectivity index (χ0) is 15.0. The third kappa shape index (κ3) is 2.69. The van der Waals surface area contributed by atoms with Crippen LogP contribution in [0.25, 0.3) is 10.9 Å². The van der Waals surface area contributed by atoms with Gasteiger partial charge in [0.15, 0.2) is 0 Å². The van der Waals surface area contributed by atoms with Gasteiger partial charge in [-0.3, -0.25) is 9.78 Å². The predicted molar refractivity (Wildman–Crippen MR) is 68.5 cm³/mol. The van der Waals surface area contributed by atoms with E-state index in [1.807, 2.05) is 0 Å². The molecular weight excluding hydrogens is 285 g/mol. The lowest BCUT2D eigenvalue weighted by Crippen LogP contribution is -2.55. The molecule has 3 rings (SSSR count). The lowest BCUT2D eigenvalue weighted by atomic mass is 10.1. The van der Waals surface area contributed by atoms with Crippen molar-refractivity contribution < 1.29 is 22.7 Å². The highest BCUT2D eigenvalue weighted by Crippen LogP contribution is 2.23. The highest BCUT2D eigenvalue weighted by molar-refractivity contribution is 6.05. The SMILES string of the molecule is O=C(c1cc(F)cc2cccnc12)N1CC(OC(F)F)C1. The second-order valence-corrected chi connectivity index (χ2v) is 4.76. The summed E-state index contributed by atoms with van der Waals surface area (Å²) in [5.41, 5.74) is 0.517. The van der Waals surface area contributed by atoms with Crippen LogP contribution in [-0.2, 0) is 4.74 Å². The molecule has 1 aromatic heterocycles. The Balaban J connectivity index is 1.83. The number of likely N-dealkylation sites (tertiary alicyclic amines) is 1. The number of amides is 1. The second kappa shape index (κ2) is 5.33. The number of fused-ring (bicyclic) bond motifs is 1. The van der Waals surface area contributed by atoms with Gasteiger partial charge in [-0.1, -0.05) is 6.07 Å². The van der Waals surface area contributed by atoms with E-state index < -0.39 is 24.4 Å². The van der Waals surface area contributed by atoms with Crippen molar-refractivity contribution in [1.82, 2.24) is 9.88 Å². The zero-order valence-corrected chi connectivity index (χ0v) is 10.8. The molecule has 0 saturated carbocycles. The van der Waals surface area contributed by atoms with Crippen LogP contribution >= 0.6 is 0 Å². The van der Waals surface area contributed by atoms with Crippen LogP contribution in [0.4, 0.5) is 13.2 Å². The molecule has 0 bridgehead atoms. The van der Waals surface area contributed by atoms with E-state index in [4.69, 9.17) is 0 Å². The van der Waals surface area contributed by atoms with Crippen LogP contribution in [-0.4, -0.2) is 41.6 Å². The van der Waals surface area contributed by atoms with Crippen molar-refractivity contribution >= 4 is 16.8 Å². The van der Waals surface area contributed by atoms with Crippen LogP contribution in [0.5, 0.6) is 0 Å². The Labute approximate surface area is 118 Å². The summed E-state index contributed by atoms with van der Waals surface area (Å²) in [7, 11) is 0. The minimum atomic E-state index is -2.86. The van der Waals surface area contributed by atoms with E-state index in [0.29, 0.717) is 10.9 Å². The molecule has 1 aromatic carbocycles. The Morgan fingerprint density at radius 3 is 2.86 bits per heavy atom. The first-order valence-corrected chi connectivity index (χ1v) is 6.32. The van der Waals surface area contributed by atoms with Gasteiger partial charge in [-0.15, -0.1) is 0 Å². The van der Waals surface area contributed by atoms with E-state index in [1.165, 1.54) is 17.2 Å². The maximum absolute atomic E-state index is 13.6. The number of hydrogen-bond donors (Lipinski definition) is 0. The van der Waals surface area contributed by atoms with Crippen molar-refractivity contribution in [1.29, 1.82) is 0 Å². The Hall–Kier alpha value is -2.15. The fourth-order valence-electron chi connectivity index (χ4n) is 2.32. The van der Waals surface area contributed by atoms with Gasteiger partial charge in [0.25, 0.3) is 5.91 Å². The standard InChI is InChI=1S/C14H11F3N2O2/c15-9-4-8-2-1-3-18-12(8)11(5-9)13(20)19-6-10(7-19)21-14(16)17/h1-5,10,14H,6-7H2. The lowest BCUT2D eigenvalue weighted by Gasteiger charge is -2.38. The van der Waals surface area contributed by atoms with Gasteiger partial charge in [0.05, 0.1) is 17.2 Å². The number of hydrogen-bond acceptors (Lipinski definition) is 3. The van der Waals surface area contributed by atoms with E-state index >= 15 is 0 Å². The summed E-state index contributed by atoms with van der Waals surface area (Å²) in [6, 6.07) is 5.70. The van der Waals surface area contributed by atoms with Crippen LogP contribution in [0, 0.1) is 5.82 Å². The maximum Gasteiger partial charge on any atom is 0.345 e. The second-order valence-electron chi connectivity index (χ2n) is 4.76. The molecule has 0 aliphatic carbocycles. The summed E-state index contributed by atoms with van der Waals surface area (Å²) in [4.78, 5) is 17.7. The molecule has 1 amide bonds. The Morgan fingerprint density at radius 1 is 1.38 bits per heavy atom. The zero-order valence-electron chi connectivity index (χ0n) is 10.8. The lowest BCUT2D eigenvalue weighted by molar-refractivity contribution is -0.189. The molecule has 1 aliphatic heterocycles. The molecular formula is C14H11F3N2O2. The maximum atomic E-state index is 13.6. The molecule has 21 heavy (non-hydrogen) atoms. The molecule has 2 heterocycles. The number of aromatic nitrogens is 1. The van der Waals surface area contributed by atoms with Crippen LogP contribution in [0.2, 0.25) is 0 Å². The number of alkyl halides is 2. The van der Waals surface area contributed by atoms with Gasteiger partial charge >= 0.3 is 6.61 Å². The minimum absolute atomic E-state index is 0.0635. The number of nitrogens with zero attached hydrogens (tertiary/aromatic N) is 2. The van der Waals surface area contributed by atoms with Crippen molar-refractivity contribution in [3.63, 3.8) is 0 Å². The number of rotatable bonds is 3. The normalized spacial score (nSPS) is 15.5. The third-order valence-electron chi connectivity index (χ3n) is 3.33. The topological polar surface area (TPSA) is 42.4 Å². The summed E-state index contributed by atoms with van der Waals surface area (Å²) in [6.45, 7) is -2.73. The number of pyridine rings is 1. The van der Waals surface area contributed by atoms with Crippen molar-refractivity contribution in [2.45, 2.75) is 12.7 Å². The summed E-state index contributed by atoms with van der Waals surface area (Å²) >= 11 is 0. The fraction of sp³-hybridized carbons (Fsp3) is 0.286. The molecule has 0 unspecified atom stereocenters. The van der Waals surface area contributed by atoms with Crippen LogP contribution < -0.4 is 0 Å².